The molecule has 0 spiro atoms. The first-order valence-corrected chi connectivity index (χ1v) is 8.29. The van der Waals surface area contributed by atoms with Crippen molar-refractivity contribution in [2.45, 2.75) is 32.4 Å². The summed E-state index contributed by atoms with van der Waals surface area (Å²) in [5, 5.41) is 8.00. The van der Waals surface area contributed by atoms with E-state index >= 15 is 0 Å². The SMILES string of the molecule is CCCC(NC(=O)NCc1ccc(F)cc1)C(=O)Nc1ccc(N)nc1.Cl. The maximum Gasteiger partial charge on any atom is 0.315 e. The zero-order valence-corrected chi connectivity index (χ0v) is 15.7. The van der Waals surface area contributed by atoms with E-state index in [1.165, 1.54) is 18.3 Å². The van der Waals surface area contributed by atoms with Gasteiger partial charge in [-0.15, -0.1) is 12.4 Å². The number of nitrogens with zero attached hydrogens (tertiary/aromatic N) is 1. The Labute approximate surface area is 163 Å². The van der Waals surface area contributed by atoms with Crippen LogP contribution in [0.3, 0.4) is 0 Å². The fourth-order valence-corrected chi connectivity index (χ4v) is 2.26. The third-order valence-electron chi connectivity index (χ3n) is 3.62. The van der Waals surface area contributed by atoms with Gasteiger partial charge < -0.3 is 21.7 Å². The van der Waals surface area contributed by atoms with Crippen molar-refractivity contribution in [2.24, 2.45) is 0 Å². The molecule has 27 heavy (non-hydrogen) atoms. The number of nitrogens with two attached hydrogens (primary N) is 1. The van der Waals surface area contributed by atoms with Crippen molar-refractivity contribution in [1.29, 1.82) is 0 Å². The molecule has 5 N–H and O–H groups in total. The van der Waals surface area contributed by atoms with Gasteiger partial charge in [0, 0.05) is 6.54 Å². The van der Waals surface area contributed by atoms with E-state index in [4.69, 9.17) is 5.73 Å². The van der Waals surface area contributed by atoms with Gasteiger partial charge in [-0.2, -0.15) is 0 Å². The highest BCUT2D eigenvalue weighted by atomic mass is 35.5. The summed E-state index contributed by atoms with van der Waals surface area (Å²) in [5.74, 6) is -0.322. The average Bonchev–Trinajstić information content (AvgIpc) is 2.63. The van der Waals surface area contributed by atoms with E-state index in [0.29, 0.717) is 17.9 Å². The number of rotatable bonds is 7. The number of anilines is 2. The second-order valence-corrected chi connectivity index (χ2v) is 5.76. The lowest BCUT2D eigenvalue weighted by Gasteiger charge is -2.18. The lowest BCUT2D eigenvalue weighted by molar-refractivity contribution is -0.118. The topological polar surface area (TPSA) is 109 Å². The van der Waals surface area contributed by atoms with Crippen molar-refractivity contribution >= 4 is 35.9 Å². The normalized spacial score (nSPS) is 11.0. The molecule has 9 heteroatoms. The maximum atomic E-state index is 12.9. The fourth-order valence-electron chi connectivity index (χ4n) is 2.26. The van der Waals surface area contributed by atoms with E-state index in [-0.39, 0.29) is 30.7 Å². The van der Waals surface area contributed by atoms with Crippen LogP contribution >= 0.6 is 12.4 Å². The zero-order valence-electron chi connectivity index (χ0n) is 14.9. The highest BCUT2D eigenvalue weighted by Crippen LogP contribution is 2.09. The number of halogens is 2. The molecule has 0 radical (unpaired) electrons. The summed E-state index contributed by atoms with van der Waals surface area (Å²) < 4.78 is 12.9. The van der Waals surface area contributed by atoms with Crippen LogP contribution in [0, 0.1) is 5.82 Å². The Morgan fingerprint density at radius 1 is 1.19 bits per heavy atom. The molecule has 0 aliphatic rings. The summed E-state index contributed by atoms with van der Waals surface area (Å²) in [6, 6.07) is 7.86. The summed E-state index contributed by atoms with van der Waals surface area (Å²) >= 11 is 0. The van der Waals surface area contributed by atoms with E-state index in [2.05, 4.69) is 20.9 Å². The first-order valence-electron chi connectivity index (χ1n) is 8.29. The van der Waals surface area contributed by atoms with Crippen LogP contribution in [0.2, 0.25) is 0 Å². The van der Waals surface area contributed by atoms with Crippen LogP contribution in [-0.4, -0.2) is 23.0 Å². The smallest absolute Gasteiger partial charge is 0.315 e. The van der Waals surface area contributed by atoms with Gasteiger partial charge in [0.15, 0.2) is 0 Å². The number of carbonyl (C=O) groups is 2. The third kappa shape index (κ3) is 7.49. The van der Waals surface area contributed by atoms with E-state index in [9.17, 15) is 14.0 Å². The number of carbonyl (C=O) groups excluding carboxylic acids is 2. The number of nitrogens with one attached hydrogen (secondary N) is 3. The lowest BCUT2D eigenvalue weighted by Crippen LogP contribution is -2.47. The Bertz CT molecular complexity index is 740. The Kier molecular flexibility index (Phi) is 9.01. The molecule has 2 rings (SSSR count). The number of hydrogen-bond donors (Lipinski definition) is 4. The van der Waals surface area contributed by atoms with Gasteiger partial charge >= 0.3 is 6.03 Å². The van der Waals surface area contributed by atoms with Crippen LogP contribution in [0.1, 0.15) is 25.3 Å². The summed E-state index contributed by atoms with van der Waals surface area (Å²) in [5.41, 5.74) is 6.77. The molecule has 0 saturated carbocycles. The van der Waals surface area contributed by atoms with Crippen molar-refractivity contribution in [3.8, 4) is 0 Å². The molecule has 1 aromatic carbocycles. The van der Waals surface area contributed by atoms with Crippen LogP contribution in [0.5, 0.6) is 0 Å². The van der Waals surface area contributed by atoms with Crippen molar-refractivity contribution in [1.82, 2.24) is 15.6 Å². The minimum atomic E-state index is -0.689. The summed E-state index contributed by atoms with van der Waals surface area (Å²) in [4.78, 5) is 28.3. The third-order valence-corrected chi connectivity index (χ3v) is 3.62. The molecular weight excluding hydrogens is 373 g/mol. The van der Waals surface area contributed by atoms with Crippen molar-refractivity contribution in [2.75, 3.05) is 11.1 Å². The zero-order chi connectivity index (χ0) is 18.9. The van der Waals surface area contributed by atoms with Gasteiger partial charge in [0.05, 0.1) is 11.9 Å². The van der Waals surface area contributed by atoms with Gasteiger partial charge in [0.1, 0.15) is 17.7 Å². The van der Waals surface area contributed by atoms with Gasteiger partial charge in [-0.25, -0.2) is 14.2 Å². The summed E-state index contributed by atoms with van der Waals surface area (Å²) in [7, 11) is 0. The molecular formula is C18H23ClFN5O2. The number of amides is 3. The van der Waals surface area contributed by atoms with Crippen LogP contribution in [-0.2, 0) is 11.3 Å². The quantitative estimate of drug-likeness (QED) is 0.577. The second-order valence-electron chi connectivity index (χ2n) is 5.76. The van der Waals surface area contributed by atoms with E-state index < -0.39 is 12.1 Å². The minimum Gasteiger partial charge on any atom is -0.384 e. The number of aromatic nitrogens is 1. The molecule has 0 saturated heterocycles. The minimum absolute atomic E-state index is 0. The number of pyridine rings is 1. The first kappa shape index (κ1) is 22.2. The van der Waals surface area contributed by atoms with Gasteiger partial charge in [0.25, 0.3) is 0 Å². The van der Waals surface area contributed by atoms with Gasteiger partial charge in [0.2, 0.25) is 5.91 Å². The highest BCUT2D eigenvalue weighted by Gasteiger charge is 2.20. The summed E-state index contributed by atoms with van der Waals surface area (Å²) in [6.45, 7) is 2.15. The number of nitrogen functional groups attached to an aromatic ring is 1. The average molecular weight is 396 g/mol. The highest BCUT2D eigenvalue weighted by molar-refractivity contribution is 5.96. The van der Waals surface area contributed by atoms with Crippen LogP contribution < -0.4 is 21.7 Å². The van der Waals surface area contributed by atoms with Crippen molar-refractivity contribution in [3.05, 3.63) is 54.0 Å². The van der Waals surface area contributed by atoms with Gasteiger partial charge in [-0.05, 0) is 36.2 Å². The molecule has 0 aliphatic heterocycles. The van der Waals surface area contributed by atoms with Crippen LogP contribution in [0.4, 0.5) is 20.7 Å². The lowest BCUT2D eigenvalue weighted by atomic mass is 10.1. The van der Waals surface area contributed by atoms with Crippen molar-refractivity contribution < 1.29 is 14.0 Å². The Morgan fingerprint density at radius 2 is 1.89 bits per heavy atom. The Balaban J connectivity index is 0.00000364. The Morgan fingerprint density at radius 3 is 2.48 bits per heavy atom. The standard InChI is InChI=1S/C18H22FN5O2.ClH/c1-2-3-15(17(25)23-14-8-9-16(20)21-11-14)24-18(26)22-10-12-4-6-13(19)7-5-12;/h4-9,11,15H,2-3,10H2,1H3,(H2,20,21)(H,23,25)(H2,22,24,26);1H. The molecule has 0 bridgehead atoms. The van der Waals surface area contributed by atoms with Crippen LogP contribution in [0.25, 0.3) is 0 Å². The molecule has 0 fully saturated rings. The maximum absolute atomic E-state index is 12.9. The van der Waals surface area contributed by atoms with Crippen LogP contribution in [0.15, 0.2) is 42.6 Å². The fraction of sp³-hybridized carbons (Fsp3) is 0.278. The largest absolute Gasteiger partial charge is 0.384 e. The second kappa shape index (κ2) is 11.0. The monoisotopic (exact) mass is 395 g/mol. The molecule has 146 valence electrons. The first-order chi connectivity index (χ1) is 12.5. The molecule has 1 unspecified atom stereocenters. The molecule has 1 heterocycles. The predicted molar refractivity (Wildman–Crippen MR) is 105 cm³/mol. The Hall–Kier alpha value is -2.87. The molecule has 2 aromatic rings. The molecule has 0 aliphatic carbocycles. The molecule has 3 amide bonds. The predicted octanol–water partition coefficient (Wildman–Crippen LogP) is 2.83. The number of benzene rings is 1. The van der Waals surface area contributed by atoms with Crippen molar-refractivity contribution in [3.63, 3.8) is 0 Å². The van der Waals surface area contributed by atoms with E-state index in [1.807, 2.05) is 6.92 Å². The number of hydrogen-bond acceptors (Lipinski definition) is 4. The van der Waals surface area contributed by atoms with Gasteiger partial charge in [-0.1, -0.05) is 25.5 Å². The van der Waals surface area contributed by atoms with Gasteiger partial charge in [-0.3, -0.25) is 4.79 Å². The van der Waals surface area contributed by atoms with E-state index in [1.54, 1.807) is 24.3 Å². The molecule has 1 aromatic heterocycles. The molecule has 7 nitrogen and oxygen atoms in total. The molecule has 1 atom stereocenters. The number of urea groups is 1. The summed E-state index contributed by atoms with van der Waals surface area (Å²) in [6.07, 6.45) is 2.65. The van der Waals surface area contributed by atoms with E-state index in [0.717, 1.165) is 12.0 Å².